The van der Waals surface area contributed by atoms with E-state index in [0.717, 1.165) is 0 Å². The second-order valence-electron chi connectivity index (χ2n) is 8.11. The third-order valence-electron chi connectivity index (χ3n) is 6.15. The largest absolute Gasteiger partial charge is 0.509 e. The highest BCUT2D eigenvalue weighted by Crippen LogP contribution is 2.46. The summed E-state index contributed by atoms with van der Waals surface area (Å²) in [5, 5.41) is 23.4. The van der Waals surface area contributed by atoms with Crippen LogP contribution in [0, 0.1) is 22.9 Å². The zero-order chi connectivity index (χ0) is 22.5. The Labute approximate surface area is 175 Å². The molecule has 1 unspecified atom stereocenters. The smallest absolute Gasteiger partial charge is 0.252 e. The maximum atomic E-state index is 13.8. The van der Waals surface area contributed by atoms with Gasteiger partial charge in [-0.1, -0.05) is 0 Å². The molecule has 3 N–H and O–H groups in total. The first kappa shape index (κ1) is 21.4. The number of rotatable bonds is 3. The number of carbonyl (C=O) groups is 2. The lowest BCUT2D eigenvalue weighted by Gasteiger charge is -2.48. The number of amides is 1. The minimum Gasteiger partial charge on any atom is -0.509 e. The molecule has 3 atom stereocenters. The maximum Gasteiger partial charge on any atom is 0.252 e. The van der Waals surface area contributed by atoms with Crippen LogP contribution in [-0.4, -0.2) is 52.2 Å². The predicted molar refractivity (Wildman–Crippen MR) is 101 cm³/mol. The Bertz CT molecular complexity index is 1000. The number of hydrogen-bond donors (Lipinski definition) is 3. The molecule has 31 heavy (non-hydrogen) atoms. The molecule has 0 spiro atoms. The van der Waals surface area contributed by atoms with Crippen molar-refractivity contribution in [1.29, 1.82) is 0 Å². The maximum absolute atomic E-state index is 13.8. The van der Waals surface area contributed by atoms with Crippen LogP contribution in [0.15, 0.2) is 35.4 Å². The lowest BCUT2D eigenvalue weighted by Crippen LogP contribution is -2.55. The Morgan fingerprint density at radius 1 is 1.32 bits per heavy atom. The van der Waals surface area contributed by atoms with Crippen molar-refractivity contribution in [3.8, 4) is 0 Å². The van der Waals surface area contributed by atoms with Crippen molar-refractivity contribution in [2.75, 3.05) is 13.2 Å². The summed E-state index contributed by atoms with van der Waals surface area (Å²) in [6.45, 7) is 1.85. The zero-order valence-electron chi connectivity index (χ0n) is 16.6. The van der Waals surface area contributed by atoms with Crippen LogP contribution in [0.3, 0.4) is 0 Å². The van der Waals surface area contributed by atoms with Crippen molar-refractivity contribution in [3.05, 3.63) is 58.4 Å². The van der Waals surface area contributed by atoms with Gasteiger partial charge in [0.25, 0.3) is 5.91 Å². The van der Waals surface area contributed by atoms with Crippen LogP contribution in [0.1, 0.15) is 25.3 Å². The molecule has 0 saturated carbocycles. The summed E-state index contributed by atoms with van der Waals surface area (Å²) < 4.78 is 46.4. The van der Waals surface area contributed by atoms with Gasteiger partial charge in [-0.05, 0) is 19.8 Å². The predicted octanol–water partition coefficient (Wildman–Crippen LogP) is 1.82. The van der Waals surface area contributed by atoms with E-state index in [1.54, 1.807) is 6.92 Å². The first-order valence-corrected chi connectivity index (χ1v) is 9.81. The van der Waals surface area contributed by atoms with Crippen molar-refractivity contribution in [1.82, 2.24) is 10.2 Å². The van der Waals surface area contributed by atoms with Crippen LogP contribution >= 0.6 is 0 Å². The third kappa shape index (κ3) is 3.49. The van der Waals surface area contributed by atoms with Gasteiger partial charge in [0.05, 0.1) is 23.6 Å². The number of nitrogens with zero attached hydrogens (tertiary/aromatic N) is 1. The van der Waals surface area contributed by atoms with Crippen LogP contribution in [-0.2, 0) is 20.9 Å². The Morgan fingerprint density at radius 2 is 2.00 bits per heavy atom. The number of benzene rings is 1. The summed E-state index contributed by atoms with van der Waals surface area (Å²) in [4.78, 5) is 26.7. The first-order chi connectivity index (χ1) is 14.6. The quantitative estimate of drug-likeness (QED) is 0.666. The lowest BCUT2D eigenvalue weighted by atomic mass is 9.72. The number of carbonyl (C=O) groups excluding carboxylic acids is 2. The molecule has 7 nitrogen and oxygen atoms in total. The highest BCUT2D eigenvalue weighted by molar-refractivity contribution is 6.09. The topological polar surface area (TPSA) is 99.1 Å². The number of ether oxygens (including phenoxy) is 1. The molecule has 166 valence electrons. The van der Waals surface area contributed by atoms with Gasteiger partial charge in [0.1, 0.15) is 28.9 Å². The van der Waals surface area contributed by atoms with E-state index in [1.165, 1.54) is 11.1 Å². The highest BCUT2D eigenvalue weighted by Gasteiger charge is 2.51. The van der Waals surface area contributed by atoms with Crippen molar-refractivity contribution in [2.45, 2.75) is 38.5 Å². The summed E-state index contributed by atoms with van der Waals surface area (Å²) in [6, 6.07) is 0.967. The van der Waals surface area contributed by atoms with E-state index in [9.17, 15) is 33.0 Å². The van der Waals surface area contributed by atoms with Crippen LogP contribution in [0.2, 0.25) is 0 Å². The number of ketones is 1. The van der Waals surface area contributed by atoms with Crippen LogP contribution in [0.25, 0.3) is 0 Å². The van der Waals surface area contributed by atoms with E-state index in [-0.39, 0.29) is 23.6 Å². The average Bonchev–Trinajstić information content (AvgIpc) is 2.70. The monoisotopic (exact) mass is 438 g/mol. The standard InChI is InChI=1S/C21H21F3N2O5/c1-21-3-2-4-31-15(21)9-26-8-12(17(27)18(28)16(26)19(21)29)20(30)25-7-11-13(23)5-10(22)6-14(11)24/h5-6,8,15,17,27,29H,2-4,7,9H2,1H3,(H,25,30)/t15-,17?,21-/m1/s1. The molecule has 3 aliphatic heterocycles. The molecule has 0 radical (unpaired) electrons. The second-order valence-corrected chi connectivity index (χ2v) is 8.11. The fourth-order valence-electron chi connectivity index (χ4n) is 4.29. The third-order valence-corrected chi connectivity index (χ3v) is 6.15. The molecule has 0 aliphatic carbocycles. The van der Waals surface area contributed by atoms with Gasteiger partial charge in [-0.3, -0.25) is 9.59 Å². The minimum atomic E-state index is -1.86. The Morgan fingerprint density at radius 3 is 2.68 bits per heavy atom. The van der Waals surface area contributed by atoms with Crippen molar-refractivity contribution >= 4 is 11.7 Å². The molecule has 0 bridgehead atoms. The molecular formula is C21H21F3N2O5. The molecule has 0 aromatic heterocycles. The summed E-state index contributed by atoms with van der Waals surface area (Å²) in [7, 11) is 0. The zero-order valence-corrected chi connectivity index (χ0v) is 16.6. The number of fused-ring (bicyclic) bond motifs is 2. The lowest BCUT2D eigenvalue weighted by molar-refractivity contribution is -0.132. The molecular weight excluding hydrogens is 417 g/mol. The molecule has 4 rings (SSSR count). The molecule has 3 aliphatic rings. The second kappa shape index (κ2) is 7.69. The number of halogens is 3. The molecule has 1 fully saturated rings. The van der Waals surface area contributed by atoms with Gasteiger partial charge < -0.3 is 25.2 Å². The van der Waals surface area contributed by atoms with E-state index in [2.05, 4.69) is 5.32 Å². The van der Waals surface area contributed by atoms with Gasteiger partial charge in [-0.2, -0.15) is 0 Å². The molecule has 10 heteroatoms. The van der Waals surface area contributed by atoms with E-state index >= 15 is 0 Å². The number of hydrogen-bond acceptors (Lipinski definition) is 6. The summed E-state index contributed by atoms with van der Waals surface area (Å²) >= 11 is 0. The van der Waals surface area contributed by atoms with Gasteiger partial charge in [0.2, 0.25) is 5.78 Å². The Balaban J connectivity index is 1.60. The van der Waals surface area contributed by atoms with E-state index in [0.29, 0.717) is 31.6 Å². The van der Waals surface area contributed by atoms with Crippen molar-refractivity contribution in [2.24, 2.45) is 5.41 Å². The summed E-state index contributed by atoms with van der Waals surface area (Å²) in [5.41, 5.74) is -1.77. The Hall–Kier alpha value is -2.85. The van der Waals surface area contributed by atoms with Crippen LogP contribution < -0.4 is 5.32 Å². The number of aliphatic hydroxyl groups excluding tert-OH is 2. The first-order valence-electron chi connectivity index (χ1n) is 9.81. The fourth-order valence-corrected chi connectivity index (χ4v) is 4.29. The molecule has 3 heterocycles. The van der Waals surface area contributed by atoms with Crippen LogP contribution in [0.5, 0.6) is 0 Å². The normalized spacial score (nSPS) is 28.1. The Kier molecular flexibility index (Phi) is 5.30. The summed E-state index contributed by atoms with van der Waals surface area (Å²) in [5.74, 6) is -5.42. The van der Waals surface area contributed by atoms with Crippen molar-refractivity contribution < 1.29 is 37.7 Å². The van der Waals surface area contributed by atoms with Crippen LogP contribution in [0.4, 0.5) is 13.2 Å². The fraction of sp³-hybridized carbons (Fsp3) is 0.429. The van der Waals surface area contributed by atoms with Gasteiger partial charge in [0, 0.05) is 37.0 Å². The number of nitrogens with one attached hydrogen (secondary N) is 1. The number of aliphatic hydroxyl groups is 2. The van der Waals surface area contributed by atoms with E-state index in [4.69, 9.17) is 4.74 Å². The average molecular weight is 438 g/mol. The molecule has 1 aromatic rings. The molecule has 1 aromatic carbocycles. The summed E-state index contributed by atoms with van der Waals surface area (Å²) in [6.07, 6.45) is 0.260. The molecule has 1 saturated heterocycles. The molecule has 1 amide bonds. The minimum absolute atomic E-state index is 0.0936. The van der Waals surface area contributed by atoms with Crippen molar-refractivity contribution in [3.63, 3.8) is 0 Å². The van der Waals surface area contributed by atoms with Gasteiger partial charge in [-0.25, -0.2) is 13.2 Å². The van der Waals surface area contributed by atoms with Gasteiger partial charge >= 0.3 is 0 Å². The highest BCUT2D eigenvalue weighted by atomic mass is 19.1. The number of Topliss-reactive ketones (excluding diaryl/α,β-unsaturated/α-hetero) is 1. The van der Waals surface area contributed by atoms with E-state index < -0.39 is 58.9 Å². The SMILES string of the molecule is C[C@@]12CCCO[C@@H]1CN1C=C(C(=O)NCc3c(F)cc(F)cc3F)C(O)C(=O)C1=C2O. The van der Waals surface area contributed by atoms with E-state index in [1.807, 2.05) is 0 Å². The van der Waals surface area contributed by atoms with Gasteiger partial charge in [0.15, 0.2) is 6.10 Å². The van der Waals surface area contributed by atoms with Gasteiger partial charge in [-0.15, -0.1) is 0 Å².